The lowest BCUT2D eigenvalue weighted by Crippen LogP contribution is -2.45. The molecule has 6 heteroatoms. The van der Waals surface area contributed by atoms with Crippen LogP contribution < -0.4 is 10.1 Å². The number of benzene rings is 1. The van der Waals surface area contributed by atoms with E-state index in [2.05, 4.69) is 10.2 Å². The van der Waals surface area contributed by atoms with Gasteiger partial charge in [0, 0.05) is 25.7 Å². The van der Waals surface area contributed by atoms with Gasteiger partial charge in [0.1, 0.15) is 6.61 Å². The van der Waals surface area contributed by atoms with Crippen LogP contribution in [0.1, 0.15) is 50.5 Å². The quantitative estimate of drug-likeness (QED) is 0.791. The highest BCUT2D eigenvalue weighted by atomic mass is 19.1. The number of carbonyl (C=O) groups excluding carboxylic acids is 1. The van der Waals surface area contributed by atoms with Gasteiger partial charge in [-0.3, -0.25) is 9.69 Å². The predicted molar refractivity (Wildman–Crippen MR) is 102 cm³/mol. The van der Waals surface area contributed by atoms with Crippen molar-refractivity contribution < 1.29 is 18.7 Å². The van der Waals surface area contributed by atoms with E-state index in [1.54, 1.807) is 6.07 Å². The summed E-state index contributed by atoms with van der Waals surface area (Å²) in [5.74, 6) is -0.0537. The Bertz CT molecular complexity index is 611. The number of rotatable bonds is 7. The summed E-state index contributed by atoms with van der Waals surface area (Å²) in [5, 5.41) is 3.10. The van der Waals surface area contributed by atoms with E-state index in [0.29, 0.717) is 6.54 Å². The number of methoxy groups -OCH3 is 1. The Kier molecular flexibility index (Phi) is 7.47. The van der Waals surface area contributed by atoms with Gasteiger partial charge in [0.2, 0.25) is 5.91 Å². The van der Waals surface area contributed by atoms with Crippen LogP contribution in [0.2, 0.25) is 0 Å². The lowest BCUT2D eigenvalue weighted by atomic mass is 9.98. The summed E-state index contributed by atoms with van der Waals surface area (Å²) < 4.78 is 24.5. The average molecular weight is 378 g/mol. The third-order valence-corrected chi connectivity index (χ3v) is 5.58. The van der Waals surface area contributed by atoms with Crippen molar-refractivity contribution in [2.24, 2.45) is 0 Å². The molecule has 150 valence electrons. The molecule has 0 unspecified atom stereocenters. The summed E-state index contributed by atoms with van der Waals surface area (Å²) in [6, 6.07) is 5.31. The molecule has 0 spiro atoms. The van der Waals surface area contributed by atoms with Crippen molar-refractivity contribution in [2.75, 3.05) is 26.8 Å². The minimum atomic E-state index is -0.324. The van der Waals surface area contributed by atoms with E-state index in [-0.39, 0.29) is 36.2 Å². The van der Waals surface area contributed by atoms with Crippen LogP contribution in [0.15, 0.2) is 18.2 Å². The Hall–Kier alpha value is -1.66. The number of piperidine rings is 1. The first kappa shape index (κ1) is 20.1. The Labute approximate surface area is 161 Å². The van der Waals surface area contributed by atoms with E-state index < -0.39 is 0 Å². The molecule has 5 nitrogen and oxygen atoms in total. The van der Waals surface area contributed by atoms with Crippen molar-refractivity contribution in [3.8, 4) is 5.75 Å². The molecule has 1 aliphatic carbocycles. The Balaban J connectivity index is 1.35. The van der Waals surface area contributed by atoms with Crippen LogP contribution >= 0.6 is 0 Å². The first-order valence-corrected chi connectivity index (χ1v) is 10.1. The Morgan fingerprint density at radius 2 is 1.93 bits per heavy atom. The van der Waals surface area contributed by atoms with E-state index >= 15 is 0 Å². The van der Waals surface area contributed by atoms with Crippen LogP contribution in [0.4, 0.5) is 4.39 Å². The van der Waals surface area contributed by atoms with Crippen LogP contribution in [-0.4, -0.2) is 49.8 Å². The van der Waals surface area contributed by atoms with Gasteiger partial charge in [0.15, 0.2) is 11.6 Å². The van der Waals surface area contributed by atoms with Crippen LogP contribution in [0.5, 0.6) is 5.75 Å². The standard InChI is InChI=1S/C21H31FN2O3/c1-26-20-8-7-16(13-19(20)22)14-24-11-9-17(10-12-24)23-21(25)15-27-18-5-3-2-4-6-18/h7-8,13,17-18H,2-6,9-12,14-15H2,1H3,(H,23,25). The van der Waals surface area contributed by atoms with Crippen molar-refractivity contribution in [3.63, 3.8) is 0 Å². The summed E-state index contributed by atoms with van der Waals surface area (Å²) in [6.07, 6.45) is 7.95. The third-order valence-electron chi connectivity index (χ3n) is 5.58. The second-order valence-corrected chi connectivity index (χ2v) is 7.66. The summed E-state index contributed by atoms with van der Waals surface area (Å²) in [5.41, 5.74) is 0.941. The Morgan fingerprint density at radius 1 is 1.19 bits per heavy atom. The minimum Gasteiger partial charge on any atom is -0.494 e. The molecule has 1 aliphatic heterocycles. The van der Waals surface area contributed by atoms with Gasteiger partial charge in [-0.05, 0) is 43.4 Å². The van der Waals surface area contributed by atoms with Crippen LogP contribution in [-0.2, 0) is 16.1 Å². The number of hydrogen-bond donors (Lipinski definition) is 1. The lowest BCUT2D eigenvalue weighted by Gasteiger charge is -2.32. The molecular formula is C21H31FN2O3. The molecule has 0 aromatic heterocycles. The van der Waals surface area contributed by atoms with Crippen LogP contribution in [0.25, 0.3) is 0 Å². The molecule has 27 heavy (non-hydrogen) atoms. The molecule has 3 rings (SSSR count). The molecule has 1 heterocycles. The maximum atomic E-state index is 13.8. The summed E-state index contributed by atoms with van der Waals surface area (Å²) >= 11 is 0. The molecule has 1 saturated carbocycles. The second kappa shape index (κ2) is 10.0. The van der Waals surface area contributed by atoms with Gasteiger partial charge >= 0.3 is 0 Å². The van der Waals surface area contributed by atoms with Gasteiger partial charge in [-0.15, -0.1) is 0 Å². The predicted octanol–water partition coefficient (Wildman–Crippen LogP) is 3.26. The van der Waals surface area contributed by atoms with E-state index in [9.17, 15) is 9.18 Å². The number of ether oxygens (including phenoxy) is 2. The number of halogens is 1. The number of amides is 1. The normalized spacial score (nSPS) is 19.8. The zero-order valence-electron chi connectivity index (χ0n) is 16.2. The minimum absolute atomic E-state index is 0.00347. The molecule has 1 amide bonds. The molecule has 1 aromatic rings. The SMILES string of the molecule is COc1ccc(CN2CCC(NC(=O)COC3CCCCC3)CC2)cc1F. The smallest absolute Gasteiger partial charge is 0.246 e. The number of hydrogen-bond acceptors (Lipinski definition) is 4. The summed E-state index contributed by atoms with van der Waals surface area (Å²) in [6.45, 7) is 2.67. The van der Waals surface area contributed by atoms with Crippen molar-refractivity contribution >= 4 is 5.91 Å². The number of nitrogens with zero attached hydrogens (tertiary/aromatic N) is 1. The molecule has 2 aliphatic rings. The highest BCUT2D eigenvalue weighted by Gasteiger charge is 2.22. The highest BCUT2D eigenvalue weighted by Crippen LogP contribution is 2.21. The monoisotopic (exact) mass is 378 g/mol. The first-order valence-electron chi connectivity index (χ1n) is 10.1. The molecule has 1 saturated heterocycles. The molecule has 2 fully saturated rings. The summed E-state index contributed by atoms with van der Waals surface area (Å²) in [7, 11) is 1.47. The third kappa shape index (κ3) is 6.18. The number of carbonyl (C=O) groups is 1. The van der Waals surface area contributed by atoms with Gasteiger partial charge < -0.3 is 14.8 Å². The zero-order valence-corrected chi connectivity index (χ0v) is 16.2. The van der Waals surface area contributed by atoms with Crippen molar-refractivity contribution in [3.05, 3.63) is 29.6 Å². The van der Waals surface area contributed by atoms with E-state index in [1.807, 2.05) is 6.07 Å². The fourth-order valence-electron chi connectivity index (χ4n) is 4.00. The molecular weight excluding hydrogens is 347 g/mol. The van der Waals surface area contributed by atoms with E-state index in [4.69, 9.17) is 9.47 Å². The van der Waals surface area contributed by atoms with Gasteiger partial charge in [-0.2, -0.15) is 0 Å². The number of nitrogens with one attached hydrogen (secondary N) is 1. The van der Waals surface area contributed by atoms with Crippen molar-refractivity contribution in [2.45, 2.75) is 63.6 Å². The van der Waals surface area contributed by atoms with Gasteiger partial charge in [0.25, 0.3) is 0 Å². The first-order chi connectivity index (χ1) is 13.1. The van der Waals surface area contributed by atoms with Crippen molar-refractivity contribution in [1.29, 1.82) is 0 Å². The highest BCUT2D eigenvalue weighted by molar-refractivity contribution is 5.77. The van der Waals surface area contributed by atoms with Gasteiger partial charge in [-0.25, -0.2) is 4.39 Å². The molecule has 0 radical (unpaired) electrons. The second-order valence-electron chi connectivity index (χ2n) is 7.66. The maximum Gasteiger partial charge on any atom is 0.246 e. The van der Waals surface area contributed by atoms with E-state index in [1.165, 1.54) is 32.4 Å². The zero-order chi connectivity index (χ0) is 19.1. The average Bonchev–Trinajstić information content (AvgIpc) is 2.69. The topological polar surface area (TPSA) is 50.8 Å². The fraction of sp³-hybridized carbons (Fsp3) is 0.667. The number of likely N-dealkylation sites (tertiary alicyclic amines) is 1. The van der Waals surface area contributed by atoms with Gasteiger partial charge in [0.05, 0.1) is 13.2 Å². The summed E-state index contributed by atoms with van der Waals surface area (Å²) in [4.78, 5) is 14.4. The van der Waals surface area contributed by atoms with Crippen LogP contribution in [0, 0.1) is 5.82 Å². The maximum absolute atomic E-state index is 13.8. The van der Waals surface area contributed by atoms with Gasteiger partial charge in [-0.1, -0.05) is 25.3 Å². The lowest BCUT2D eigenvalue weighted by molar-refractivity contribution is -0.129. The molecule has 1 aromatic carbocycles. The van der Waals surface area contributed by atoms with Crippen LogP contribution in [0.3, 0.4) is 0 Å². The molecule has 0 bridgehead atoms. The Morgan fingerprint density at radius 3 is 2.59 bits per heavy atom. The largest absolute Gasteiger partial charge is 0.494 e. The van der Waals surface area contributed by atoms with E-state index in [0.717, 1.165) is 44.3 Å². The fourth-order valence-corrected chi connectivity index (χ4v) is 4.00. The molecule has 0 atom stereocenters. The molecule has 1 N–H and O–H groups in total. The van der Waals surface area contributed by atoms with Crippen molar-refractivity contribution in [1.82, 2.24) is 10.2 Å².